The summed E-state index contributed by atoms with van der Waals surface area (Å²) in [4.78, 5) is 12.0. The van der Waals surface area contributed by atoms with Crippen LogP contribution in [0.15, 0.2) is 46.8 Å². The predicted octanol–water partition coefficient (Wildman–Crippen LogP) is 3.26. The Hall–Kier alpha value is -2.54. The topological polar surface area (TPSA) is 78.9 Å². The quantitative estimate of drug-likeness (QED) is 0.896. The third kappa shape index (κ3) is 3.45. The Morgan fingerprint density at radius 2 is 1.91 bits per heavy atom. The number of nitrogens with zero attached hydrogens (tertiary/aromatic N) is 1. The normalized spacial score (nSPS) is 18.0. The number of allylic oxidation sites excluding steroid dienone is 3. The molecule has 4 heteroatoms. The van der Waals surface area contributed by atoms with Gasteiger partial charge >= 0.3 is 0 Å². The first-order valence-electron chi connectivity index (χ1n) is 7.82. The molecule has 1 aliphatic heterocycles. The summed E-state index contributed by atoms with van der Waals surface area (Å²) in [5.74, 6) is -0.479. The third-order valence-corrected chi connectivity index (χ3v) is 4.05. The molecule has 1 aromatic carbocycles. The van der Waals surface area contributed by atoms with E-state index in [1.165, 1.54) is 0 Å². The lowest BCUT2D eigenvalue weighted by atomic mass is 9.79. The van der Waals surface area contributed by atoms with Crippen molar-refractivity contribution in [1.82, 2.24) is 5.32 Å². The minimum Gasteiger partial charge on any atom is -0.366 e. The fourth-order valence-electron chi connectivity index (χ4n) is 3.02. The van der Waals surface area contributed by atoms with Crippen LogP contribution in [-0.2, 0) is 4.79 Å². The molecule has 0 bridgehead atoms. The van der Waals surface area contributed by atoms with Gasteiger partial charge < -0.3 is 11.1 Å². The molecule has 1 heterocycles. The lowest BCUT2D eigenvalue weighted by Crippen LogP contribution is -2.32. The van der Waals surface area contributed by atoms with Crippen molar-refractivity contribution in [2.45, 2.75) is 40.0 Å². The fraction of sp³-hybridized carbons (Fsp3) is 0.368. The molecular formula is C19H23N3O. The molecule has 1 aromatic rings. The van der Waals surface area contributed by atoms with Gasteiger partial charge in [-0.2, -0.15) is 5.26 Å². The third-order valence-electron chi connectivity index (χ3n) is 4.05. The van der Waals surface area contributed by atoms with E-state index in [1.807, 2.05) is 38.1 Å². The number of hydrogen-bond donors (Lipinski definition) is 2. The van der Waals surface area contributed by atoms with E-state index in [9.17, 15) is 10.1 Å². The van der Waals surface area contributed by atoms with E-state index in [0.29, 0.717) is 17.1 Å². The maximum atomic E-state index is 12.0. The summed E-state index contributed by atoms with van der Waals surface area (Å²) in [5.41, 5.74) is 10.3. The lowest BCUT2D eigenvalue weighted by Gasteiger charge is -2.30. The molecule has 0 aromatic heterocycles. The Morgan fingerprint density at radius 1 is 1.30 bits per heavy atom. The minimum atomic E-state index is -0.489. The van der Waals surface area contributed by atoms with Crippen molar-refractivity contribution >= 4 is 5.91 Å². The summed E-state index contributed by atoms with van der Waals surface area (Å²) < 4.78 is 0. The van der Waals surface area contributed by atoms with Crippen LogP contribution in [0, 0.1) is 24.2 Å². The van der Waals surface area contributed by atoms with Crippen LogP contribution in [0.1, 0.15) is 44.2 Å². The molecule has 23 heavy (non-hydrogen) atoms. The van der Waals surface area contributed by atoms with Crippen LogP contribution in [0.2, 0.25) is 0 Å². The van der Waals surface area contributed by atoms with Gasteiger partial charge in [0.2, 0.25) is 5.91 Å². The second-order valence-corrected chi connectivity index (χ2v) is 6.47. The van der Waals surface area contributed by atoms with Gasteiger partial charge in [0.1, 0.15) is 0 Å². The van der Waals surface area contributed by atoms with Gasteiger partial charge in [0.05, 0.1) is 17.6 Å². The smallest absolute Gasteiger partial charge is 0.247 e. The number of hydrogen-bond acceptors (Lipinski definition) is 3. The summed E-state index contributed by atoms with van der Waals surface area (Å²) >= 11 is 0. The van der Waals surface area contributed by atoms with E-state index in [-0.39, 0.29) is 0 Å². The number of nitriles is 1. The number of aryl methyl sites for hydroxylation is 1. The van der Waals surface area contributed by atoms with Crippen LogP contribution in [0.5, 0.6) is 0 Å². The molecule has 0 spiro atoms. The second kappa shape index (κ2) is 6.70. The van der Waals surface area contributed by atoms with Gasteiger partial charge in [0.25, 0.3) is 0 Å². The summed E-state index contributed by atoms with van der Waals surface area (Å²) in [6.07, 6.45) is 0.759. The Morgan fingerprint density at radius 3 is 2.39 bits per heavy atom. The summed E-state index contributed by atoms with van der Waals surface area (Å²) in [6, 6.07) is 10.2. The van der Waals surface area contributed by atoms with Crippen LogP contribution in [0.25, 0.3) is 0 Å². The van der Waals surface area contributed by atoms with Crippen molar-refractivity contribution in [3.05, 3.63) is 57.9 Å². The lowest BCUT2D eigenvalue weighted by molar-refractivity contribution is -0.114. The zero-order valence-electron chi connectivity index (χ0n) is 14.1. The largest absolute Gasteiger partial charge is 0.366 e. The van der Waals surface area contributed by atoms with Crippen LogP contribution < -0.4 is 11.1 Å². The number of nitrogens with two attached hydrogens (primary N) is 1. The molecule has 120 valence electrons. The van der Waals surface area contributed by atoms with Crippen LogP contribution in [0.4, 0.5) is 0 Å². The number of benzene rings is 1. The number of rotatable bonds is 4. The second-order valence-electron chi connectivity index (χ2n) is 6.47. The zero-order chi connectivity index (χ0) is 17.1. The van der Waals surface area contributed by atoms with Gasteiger partial charge in [-0.3, -0.25) is 4.79 Å². The molecule has 1 atom stereocenters. The minimum absolute atomic E-state index is 0.395. The van der Waals surface area contributed by atoms with E-state index in [2.05, 4.69) is 25.2 Å². The van der Waals surface area contributed by atoms with Crippen molar-refractivity contribution in [2.24, 2.45) is 11.7 Å². The van der Waals surface area contributed by atoms with Crippen molar-refractivity contribution in [3.63, 3.8) is 0 Å². The van der Waals surface area contributed by atoms with Gasteiger partial charge in [-0.15, -0.1) is 0 Å². The van der Waals surface area contributed by atoms with Gasteiger partial charge in [0, 0.05) is 17.0 Å². The van der Waals surface area contributed by atoms with Crippen molar-refractivity contribution < 1.29 is 4.79 Å². The molecule has 4 nitrogen and oxygen atoms in total. The van der Waals surface area contributed by atoms with E-state index < -0.39 is 11.8 Å². The maximum Gasteiger partial charge on any atom is 0.247 e. The highest BCUT2D eigenvalue weighted by Crippen LogP contribution is 2.38. The van der Waals surface area contributed by atoms with Crippen LogP contribution in [0.3, 0.4) is 0 Å². The van der Waals surface area contributed by atoms with E-state index in [4.69, 9.17) is 5.73 Å². The molecule has 1 unspecified atom stereocenters. The highest BCUT2D eigenvalue weighted by molar-refractivity contribution is 5.96. The van der Waals surface area contributed by atoms with E-state index in [0.717, 1.165) is 28.9 Å². The van der Waals surface area contributed by atoms with Gasteiger partial charge in [-0.05, 0) is 31.7 Å². The van der Waals surface area contributed by atoms with Crippen molar-refractivity contribution in [1.29, 1.82) is 5.26 Å². The number of primary amides is 1. The Labute approximate surface area is 137 Å². The number of amides is 1. The Balaban J connectivity index is 2.63. The molecule has 0 saturated carbocycles. The zero-order valence-corrected chi connectivity index (χ0v) is 14.1. The Kier molecular flexibility index (Phi) is 4.90. The number of nitrogens with one attached hydrogen (secondary N) is 1. The van der Waals surface area contributed by atoms with E-state index >= 15 is 0 Å². The number of carbonyl (C=O) groups excluding carboxylic acids is 1. The average molecular weight is 309 g/mol. The molecule has 3 N–H and O–H groups in total. The molecule has 1 amide bonds. The monoisotopic (exact) mass is 309 g/mol. The molecule has 1 aliphatic rings. The fourth-order valence-corrected chi connectivity index (χ4v) is 3.02. The molecular weight excluding hydrogens is 286 g/mol. The first-order valence-corrected chi connectivity index (χ1v) is 7.82. The molecule has 0 aliphatic carbocycles. The molecule has 0 saturated heterocycles. The maximum absolute atomic E-state index is 12.0. The summed E-state index contributed by atoms with van der Waals surface area (Å²) in [6.45, 7) is 8.06. The highest BCUT2D eigenvalue weighted by atomic mass is 16.1. The standard InChI is InChI=1S/C19H23N3O/c1-11(2)9-16-15(10-20)18(14-7-5-12(3)6-8-14)17(19(21)23)13(4)22-16/h5-8,11,18,22H,9H2,1-4H3,(H2,21,23). The number of dihydropyridines is 1. The van der Waals surface area contributed by atoms with Gasteiger partial charge in [0.15, 0.2) is 0 Å². The van der Waals surface area contributed by atoms with Gasteiger partial charge in [-0.1, -0.05) is 43.7 Å². The summed E-state index contributed by atoms with van der Waals surface area (Å²) in [7, 11) is 0. The molecule has 0 radical (unpaired) electrons. The predicted molar refractivity (Wildman–Crippen MR) is 91.0 cm³/mol. The SMILES string of the molecule is CC1=C(C(N)=O)C(c2ccc(C)cc2)C(C#N)=C(CC(C)C)N1. The van der Waals surface area contributed by atoms with Gasteiger partial charge in [-0.25, -0.2) is 0 Å². The van der Waals surface area contributed by atoms with Crippen molar-refractivity contribution in [3.8, 4) is 6.07 Å². The van der Waals surface area contributed by atoms with Crippen molar-refractivity contribution in [2.75, 3.05) is 0 Å². The first-order chi connectivity index (χ1) is 10.8. The molecule has 0 fully saturated rings. The number of carbonyl (C=O) groups is 1. The summed E-state index contributed by atoms with van der Waals surface area (Å²) in [5, 5.41) is 13.0. The average Bonchev–Trinajstić information content (AvgIpc) is 2.46. The van der Waals surface area contributed by atoms with Crippen LogP contribution in [-0.4, -0.2) is 5.91 Å². The Bertz CT molecular complexity index is 718. The van der Waals surface area contributed by atoms with Crippen LogP contribution >= 0.6 is 0 Å². The molecule has 2 rings (SSSR count). The highest BCUT2D eigenvalue weighted by Gasteiger charge is 2.33. The van der Waals surface area contributed by atoms with E-state index in [1.54, 1.807) is 0 Å². The first kappa shape index (κ1) is 16.8.